The lowest BCUT2D eigenvalue weighted by Crippen LogP contribution is -2.25. The van der Waals surface area contributed by atoms with E-state index in [1.54, 1.807) is 0 Å². The van der Waals surface area contributed by atoms with Crippen molar-refractivity contribution in [3.63, 3.8) is 0 Å². The number of anilines is 1. The van der Waals surface area contributed by atoms with Gasteiger partial charge in [0, 0.05) is 11.7 Å². The lowest BCUT2D eigenvalue weighted by atomic mass is 9.87. The van der Waals surface area contributed by atoms with Crippen molar-refractivity contribution in [1.29, 1.82) is 0 Å². The van der Waals surface area contributed by atoms with Gasteiger partial charge in [0.15, 0.2) is 0 Å². The second-order valence-electron chi connectivity index (χ2n) is 5.90. The fraction of sp³-hybridized carbons (Fsp3) is 0.647. The molecule has 1 aliphatic carbocycles. The van der Waals surface area contributed by atoms with Crippen LogP contribution in [-0.4, -0.2) is 6.04 Å². The Morgan fingerprint density at radius 1 is 1.06 bits per heavy atom. The second-order valence-corrected chi connectivity index (χ2v) is 5.90. The largest absolute Gasteiger partial charge is 0.382 e. The summed E-state index contributed by atoms with van der Waals surface area (Å²) in [6.45, 7) is 4.62. The number of hydrogen-bond acceptors (Lipinski definition) is 1. The molecule has 0 amide bonds. The molecule has 1 aromatic carbocycles. The molecular weight excluding hydrogens is 218 g/mol. The lowest BCUT2D eigenvalue weighted by molar-refractivity contribution is 0.361. The summed E-state index contributed by atoms with van der Waals surface area (Å²) in [4.78, 5) is 0. The molecule has 2 rings (SSSR count). The van der Waals surface area contributed by atoms with Crippen LogP contribution in [0.4, 0.5) is 5.69 Å². The SMILES string of the molecule is CCCCc1ccc(NC2CCC(C)CC2)cc1. The third kappa shape index (κ3) is 4.04. The summed E-state index contributed by atoms with van der Waals surface area (Å²) in [5.41, 5.74) is 2.77. The predicted octanol–water partition coefficient (Wildman–Crippen LogP) is 5.02. The van der Waals surface area contributed by atoms with E-state index < -0.39 is 0 Å². The van der Waals surface area contributed by atoms with Gasteiger partial charge in [-0.05, 0) is 62.1 Å². The van der Waals surface area contributed by atoms with Gasteiger partial charge in [-0.3, -0.25) is 0 Å². The predicted molar refractivity (Wildman–Crippen MR) is 80.1 cm³/mol. The maximum absolute atomic E-state index is 3.68. The van der Waals surface area contributed by atoms with Crippen LogP contribution in [0.15, 0.2) is 24.3 Å². The molecule has 1 heteroatoms. The fourth-order valence-electron chi connectivity index (χ4n) is 2.79. The zero-order valence-electron chi connectivity index (χ0n) is 11.9. The van der Waals surface area contributed by atoms with Gasteiger partial charge in [-0.25, -0.2) is 0 Å². The van der Waals surface area contributed by atoms with E-state index >= 15 is 0 Å². The van der Waals surface area contributed by atoms with E-state index in [1.807, 2.05) is 0 Å². The number of benzene rings is 1. The van der Waals surface area contributed by atoms with Crippen molar-refractivity contribution < 1.29 is 0 Å². The average molecular weight is 245 g/mol. The fourth-order valence-corrected chi connectivity index (χ4v) is 2.79. The maximum Gasteiger partial charge on any atom is 0.0342 e. The maximum atomic E-state index is 3.68. The zero-order valence-corrected chi connectivity index (χ0v) is 11.9. The van der Waals surface area contributed by atoms with Crippen molar-refractivity contribution >= 4 is 5.69 Å². The number of hydrogen-bond donors (Lipinski definition) is 1. The van der Waals surface area contributed by atoms with Crippen LogP contribution < -0.4 is 5.32 Å². The van der Waals surface area contributed by atoms with E-state index in [2.05, 4.69) is 43.4 Å². The highest BCUT2D eigenvalue weighted by molar-refractivity contribution is 5.45. The Morgan fingerprint density at radius 3 is 2.33 bits per heavy atom. The van der Waals surface area contributed by atoms with Gasteiger partial charge < -0.3 is 5.32 Å². The van der Waals surface area contributed by atoms with Gasteiger partial charge in [0.2, 0.25) is 0 Å². The van der Waals surface area contributed by atoms with Gasteiger partial charge in [-0.15, -0.1) is 0 Å². The van der Waals surface area contributed by atoms with Crippen LogP contribution in [0.25, 0.3) is 0 Å². The first-order chi connectivity index (χ1) is 8.78. The summed E-state index contributed by atoms with van der Waals surface area (Å²) >= 11 is 0. The van der Waals surface area contributed by atoms with E-state index in [1.165, 1.54) is 56.2 Å². The molecule has 0 heterocycles. The first-order valence-corrected chi connectivity index (χ1v) is 7.63. The van der Waals surface area contributed by atoms with Crippen LogP contribution in [0.3, 0.4) is 0 Å². The van der Waals surface area contributed by atoms with Crippen LogP contribution in [-0.2, 0) is 6.42 Å². The summed E-state index contributed by atoms with van der Waals surface area (Å²) in [6, 6.07) is 9.77. The molecule has 0 radical (unpaired) electrons. The molecule has 0 atom stereocenters. The molecular formula is C17H27N. The second kappa shape index (κ2) is 6.82. The normalized spacial score (nSPS) is 23.9. The molecule has 1 aromatic rings. The Kier molecular flexibility index (Phi) is 5.10. The summed E-state index contributed by atoms with van der Waals surface area (Å²) in [5.74, 6) is 0.930. The van der Waals surface area contributed by atoms with Crippen molar-refractivity contribution in [2.75, 3.05) is 5.32 Å². The van der Waals surface area contributed by atoms with Crippen LogP contribution in [0.2, 0.25) is 0 Å². The topological polar surface area (TPSA) is 12.0 Å². The van der Waals surface area contributed by atoms with Crippen molar-refractivity contribution in [2.45, 2.75) is 64.8 Å². The molecule has 0 bridgehead atoms. The lowest BCUT2D eigenvalue weighted by Gasteiger charge is -2.27. The molecule has 1 saturated carbocycles. The molecule has 0 unspecified atom stereocenters. The molecule has 1 fully saturated rings. The molecule has 1 N–H and O–H groups in total. The first kappa shape index (κ1) is 13.5. The highest BCUT2D eigenvalue weighted by atomic mass is 14.9. The van der Waals surface area contributed by atoms with Crippen LogP contribution in [0.5, 0.6) is 0 Å². The molecule has 18 heavy (non-hydrogen) atoms. The minimum Gasteiger partial charge on any atom is -0.382 e. The monoisotopic (exact) mass is 245 g/mol. The van der Waals surface area contributed by atoms with E-state index in [0.29, 0.717) is 6.04 Å². The first-order valence-electron chi connectivity index (χ1n) is 7.63. The highest BCUT2D eigenvalue weighted by Crippen LogP contribution is 2.26. The minimum absolute atomic E-state index is 0.697. The van der Waals surface area contributed by atoms with E-state index in [4.69, 9.17) is 0 Å². The Hall–Kier alpha value is -0.980. The van der Waals surface area contributed by atoms with Crippen molar-refractivity contribution in [1.82, 2.24) is 0 Å². The van der Waals surface area contributed by atoms with Crippen LogP contribution in [0.1, 0.15) is 57.9 Å². The number of nitrogens with one attached hydrogen (secondary N) is 1. The number of unbranched alkanes of at least 4 members (excludes halogenated alkanes) is 1. The summed E-state index contributed by atoms with van der Waals surface area (Å²) in [5, 5.41) is 3.68. The van der Waals surface area contributed by atoms with Gasteiger partial charge in [0.05, 0.1) is 0 Å². The highest BCUT2D eigenvalue weighted by Gasteiger charge is 2.17. The van der Waals surface area contributed by atoms with E-state index in [-0.39, 0.29) is 0 Å². The molecule has 0 saturated heterocycles. The molecule has 1 nitrogen and oxygen atoms in total. The Labute approximate surface area is 112 Å². The summed E-state index contributed by atoms with van der Waals surface area (Å²) in [6.07, 6.45) is 9.22. The van der Waals surface area contributed by atoms with E-state index in [0.717, 1.165) is 5.92 Å². The molecule has 0 aromatic heterocycles. The molecule has 0 spiro atoms. The zero-order chi connectivity index (χ0) is 12.8. The summed E-state index contributed by atoms with van der Waals surface area (Å²) < 4.78 is 0. The minimum atomic E-state index is 0.697. The van der Waals surface area contributed by atoms with Gasteiger partial charge in [-0.1, -0.05) is 32.4 Å². The van der Waals surface area contributed by atoms with Crippen molar-refractivity contribution in [3.8, 4) is 0 Å². The van der Waals surface area contributed by atoms with Crippen molar-refractivity contribution in [2.24, 2.45) is 5.92 Å². The molecule has 1 aliphatic rings. The third-order valence-corrected chi connectivity index (χ3v) is 4.16. The van der Waals surface area contributed by atoms with Crippen molar-refractivity contribution in [3.05, 3.63) is 29.8 Å². The Morgan fingerprint density at radius 2 is 1.72 bits per heavy atom. The summed E-state index contributed by atoms with van der Waals surface area (Å²) in [7, 11) is 0. The quantitative estimate of drug-likeness (QED) is 0.768. The standard InChI is InChI=1S/C17H27N/c1-3-4-5-15-8-12-17(13-9-15)18-16-10-6-14(2)7-11-16/h8-9,12-14,16,18H,3-7,10-11H2,1-2H3. The number of aryl methyl sites for hydroxylation is 1. The average Bonchev–Trinajstić information content (AvgIpc) is 2.41. The number of rotatable bonds is 5. The van der Waals surface area contributed by atoms with Gasteiger partial charge in [0.25, 0.3) is 0 Å². The smallest absolute Gasteiger partial charge is 0.0342 e. The molecule has 0 aliphatic heterocycles. The van der Waals surface area contributed by atoms with E-state index in [9.17, 15) is 0 Å². The molecule has 100 valence electrons. The third-order valence-electron chi connectivity index (χ3n) is 4.16. The van der Waals surface area contributed by atoms with Crippen LogP contribution >= 0.6 is 0 Å². The van der Waals surface area contributed by atoms with Gasteiger partial charge >= 0.3 is 0 Å². The Bertz CT molecular complexity index is 333. The van der Waals surface area contributed by atoms with Gasteiger partial charge in [0.1, 0.15) is 0 Å². The Balaban J connectivity index is 1.82. The van der Waals surface area contributed by atoms with Crippen LogP contribution in [0, 0.1) is 5.92 Å². The van der Waals surface area contributed by atoms with Gasteiger partial charge in [-0.2, -0.15) is 0 Å².